The van der Waals surface area contributed by atoms with Crippen LogP contribution in [0.2, 0.25) is 0 Å². The van der Waals surface area contributed by atoms with Gasteiger partial charge in [0.15, 0.2) is 0 Å². The third kappa shape index (κ3) is 2.45. The number of likely N-dealkylation sites (N-methyl/N-ethyl adjacent to an activating group) is 3. The molecule has 14 heavy (non-hydrogen) atoms. The molecule has 0 saturated carbocycles. The van der Waals surface area contributed by atoms with Crippen molar-refractivity contribution >= 4 is 0 Å². The molecule has 0 amide bonds. The minimum Gasteiger partial charge on any atom is -0.303 e. The van der Waals surface area contributed by atoms with Crippen LogP contribution in [0.4, 0.5) is 0 Å². The topological polar surface area (TPSA) is 13.0 Å². The number of hydrazine groups is 2. The first-order valence-corrected chi connectivity index (χ1v) is 5.31. The van der Waals surface area contributed by atoms with Gasteiger partial charge in [0.1, 0.15) is 0 Å². The lowest BCUT2D eigenvalue weighted by atomic mass is 10.2. The smallest absolute Gasteiger partial charge is 0.0354 e. The van der Waals surface area contributed by atoms with Crippen LogP contribution in [0.3, 0.4) is 0 Å². The van der Waals surface area contributed by atoms with E-state index in [0.717, 1.165) is 13.1 Å². The van der Waals surface area contributed by atoms with E-state index in [1.165, 1.54) is 0 Å². The second-order valence-electron chi connectivity index (χ2n) is 4.56. The molecule has 0 radical (unpaired) electrons. The van der Waals surface area contributed by atoms with Gasteiger partial charge >= 0.3 is 0 Å². The lowest BCUT2D eigenvalue weighted by Gasteiger charge is -2.46. The summed E-state index contributed by atoms with van der Waals surface area (Å²) in [7, 11) is 8.61. The minimum atomic E-state index is 0.556. The average Bonchev–Trinajstić information content (AvgIpc) is 2.12. The predicted molar refractivity (Wildman–Crippen MR) is 59.7 cm³/mol. The molecule has 1 fully saturated rings. The summed E-state index contributed by atoms with van der Waals surface area (Å²) in [5.41, 5.74) is 0. The Balaban J connectivity index is 2.73. The number of nitrogens with zero attached hydrogens (tertiary/aromatic N) is 4. The maximum absolute atomic E-state index is 2.40. The molecule has 1 saturated heterocycles. The van der Waals surface area contributed by atoms with Gasteiger partial charge in [-0.05, 0) is 20.9 Å². The second-order valence-corrected chi connectivity index (χ2v) is 4.56. The zero-order chi connectivity index (χ0) is 10.9. The highest BCUT2D eigenvalue weighted by molar-refractivity contribution is 4.73. The lowest BCUT2D eigenvalue weighted by molar-refractivity contribution is -0.189. The van der Waals surface area contributed by atoms with Crippen molar-refractivity contribution in [3.05, 3.63) is 0 Å². The number of hydrogen-bond acceptors (Lipinski definition) is 4. The van der Waals surface area contributed by atoms with Crippen LogP contribution in [0.1, 0.15) is 13.8 Å². The van der Waals surface area contributed by atoms with Crippen molar-refractivity contribution in [1.82, 2.24) is 20.0 Å². The van der Waals surface area contributed by atoms with E-state index in [2.05, 4.69) is 62.1 Å². The Bertz CT molecular complexity index is 167. The number of rotatable bonds is 0. The van der Waals surface area contributed by atoms with Gasteiger partial charge in [-0.2, -0.15) is 5.12 Å². The lowest BCUT2D eigenvalue weighted by Crippen LogP contribution is -2.60. The molecule has 84 valence electrons. The van der Waals surface area contributed by atoms with Crippen molar-refractivity contribution in [2.24, 2.45) is 0 Å². The maximum Gasteiger partial charge on any atom is 0.0354 e. The van der Waals surface area contributed by atoms with Crippen LogP contribution in [0.5, 0.6) is 0 Å². The van der Waals surface area contributed by atoms with Crippen molar-refractivity contribution in [3.63, 3.8) is 0 Å². The Morgan fingerprint density at radius 2 is 1.14 bits per heavy atom. The van der Waals surface area contributed by atoms with Gasteiger partial charge < -0.3 is 4.90 Å². The Hall–Kier alpha value is -0.160. The van der Waals surface area contributed by atoms with Crippen LogP contribution in [0.25, 0.3) is 0 Å². The first kappa shape index (κ1) is 11.9. The van der Waals surface area contributed by atoms with E-state index in [9.17, 15) is 0 Å². The van der Waals surface area contributed by atoms with E-state index in [1.807, 2.05) is 0 Å². The fourth-order valence-electron chi connectivity index (χ4n) is 2.01. The van der Waals surface area contributed by atoms with Crippen molar-refractivity contribution in [3.8, 4) is 0 Å². The van der Waals surface area contributed by atoms with Crippen LogP contribution in [-0.4, -0.2) is 73.4 Å². The van der Waals surface area contributed by atoms with Gasteiger partial charge in [0.25, 0.3) is 0 Å². The quantitative estimate of drug-likeness (QED) is 0.559. The summed E-state index contributed by atoms with van der Waals surface area (Å²) in [6, 6.07) is 1.11. The van der Waals surface area contributed by atoms with E-state index < -0.39 is 0 Å². The molecule has 1 aliphatic heterocycles. The molecule has 0 bridgehead atoms. The van der Waals surface area contributed by atoms with Gasteiger partial charge in [0.05, 0.1) is 0 Å². The second kappa shape index (κ2) is 4.57. The third-order valence-corrected chi connectivity index (χ3v) is 3.34. The summed E-state index contributed by atoms with van der Waals surface area (Å²) in [4.78, 5) is 2.40. The van der Waals surface area contributed by atoms with Gasteiger partial charge in [0.2, 0.25) is 0 Å². The van der Waals surface area contributed by atoms with Crippen LogP contribution in [-0.2, 0) is 0 Å². The zero-order valence-electron chi connectivity index (χ0n) is 10.4. The Morgan fingerprint density at radius 1 is 0.786 bits per heavy atom. The van der Waals surface area contributed by atoms with Crippen molar-refractivity contribution < 1.29 is 0 Å². The van der Waals surface area contributed by atoms with Gasteiger partial charge in [-0.25, -0.2) is 10.0 Å². The van der Waals surface area contributed by atoms with Crippen LogP contribution in [0.15, 0.2) is 0 Å². The number of hydrogen-bond donors (Lipinski definition) is 0. The van der Waals surface area contributed by atoms with E-state index in [4.69, 9.17) is 0 Å². The normalized spacial score (nSPS) is 35.6. The summed E-state index contributed by atoms with van der Waals surface area (Å²) in [5.74, 6) is 0. The summed E-state index contributed by atoms with van der Waals surface area (Å²) >= 11 is 0. The Kier molecular flexibility index (Phi) is 3.89. The first-order valence-electron chi connectivity index (χ1n) is 5.31. The molecule has 0 aromatic rings. The fourth-order valence-corrected chi connectivity index (χ4v) is 2.01. The molecular weight excluding hydrogens is 176 g/mol. The summed E-state index contributed by atoms with van der Waals surface area (Å²) in [5, 5.41) is 6.78. The van der Waals surface area contributed by atoms with Gasteiger partial charge in [-0.3, -0.25) is 0 Å². The molecule has 1 rings (SSSR count). The molecule has 1 aliphatic rings. The molecule has 4 heteroatoms. The average molecular weight is 200 g/mol. The highest BCUT2D eigenvalue weighted by Gasteiger charge is 2.25. The SMILES string of the molecule is CC1CN(C)CC(C)N(C)N(C)N1C. The largest absolute Gasteiger partial charge is 0.303 e. The first-order chi connectivity index (χ1) is 6.43. The zero-order valence-corrected chi connectivity index (χ0v) is 10.4. The maximum atomic E-state index is 2.40. The minimum absolute atomic E-state index is 0.556. The molecule has 4 nitrogen and oxygen atoms in total. The Morgan fingerprint density at radius 3 is 1.50 bits per heavy atom. The summed E-state index contributed by atoms with van der Waals surface area (Å²) in [6.45, 7) is 6.77. The van der Waals surface area contributed by atoms with Gasteiger partial charge in [-0.15, -0.1) is 0 Å². The highest BCUT2D eigenvalue weighted by atomic mass is 15.9. The summed E-state index contributed by atoms with van der Waals surface area (Å²) < 4.78 is 0. The van der Waals surface area contributed by atoms with Crippen LogP contribution < -0.4 is 0 Å². The molecule has 0 spiro atoms. The monoisotopic (exact) mass is 200 g/mol. The van der Waals surface area contributed by atoms with Crippen LogP contribution in [0, 0.1) is 0 Å². The predicted octanol–water partition coefficient (Wildman–Crippen LogP) is 0.334. The van der Waals surface area contributed by atoms with E-state index >= 15 is 0 Å². The molecule has 0 aromatic heterocycles. The third-order valence-electron chi connectivity index (χ3n) is 3.34. The molecule has 0 N–H and O–H groups in total. The Labute approximate surface area is 88.0 Å². The van der Waals surface area contributed by atoms with Crippen molar-refractivity contribution in [2.75, 3.05) is 41.3 Å². The molecule has 2 unspecified atom stereocenters. The van der Waals surface area contributed by atoms with Gasteiger partial charge in [0, 0.05) is 46.3 Å². The molecule has 0 aliphatic carbocycles. The van der Waals surface area contributed by atoms with Crippen molar-refractivity contribution in [1.29, 1.82) is 0 Å². The van der Waals surface area contributed by atoms with Gasteiger partial charge in [-0.1, -0.05) is 0 Å². The molecule has 0 aromatic carbocycles. The van der Waals surface area contributed by atoms with Crippen molar-refractivity contribution in [2.45, 2.75) is 25.9 Å². The standard InChI is InChI=1S/C10H24N4/c1-9-7-11(3)8-10(2)13(5)14(6)12(9)4/h9-10H,7-8H2,1-6H3. The van der Waals surface area contributed by atoms with Crippen LogP contribution >= 0.6 is 0 Å². The highest BCUT2D eigenvalue weighted by Crippen LogP contribution is 2.11. The molecular formula is C10H24N4. The fraction of sp³-hybridized carbons (Fsp3) is 1.00. The van der Waals surface area contributed by atoms with E-state index in [-0.39, 0.29) is 0 Å². The van der Waals surface area contributed by atoms with E-state index in [0.29, 0.717) is 12.1 Å². The summed E-state index contributed by atoms with van der Waals surface area (Å²) in [6.07, 6.45) is 0. The van der Waals surface area contributed by atoms with E-state index in [1.54, 1.807) is 0 Å². The molecule has 1 heterocycles. The molecule has 2 atom stereocenters.